The van der Waals surface area contributed by atoms with Crippen LogP contribution in [0.2, 0.25) is 0 Å². The maximum absolute atomic E-state index is 4.64. The van der Waals surface area contributed by atoms with Crippen molar-refractivity contribution in [2.24, 2.45) is 11.8 Å². The van der Waals surface area contributed by atoms with Crippen LogP contribution in [-0.2, 0) is 6.54 Å². The Bertz CT molecular complexity index is 569. The van der Waals surface area contributed by atoms with E-state index in [-0.39, 0.29) is 0 Å². The molecule has 2 aromatic rings. The molecule has 0 bridgehead atoms. The van der Waals surface area contributed by atoms with E-state index in [1.165, 1.54) is 35.5 Å². The van der Waals surface area contributed by atoms with Crippen molar-refractivity contribution in [1.29, 1.82) is 0 Å². The van der Waals surface area contributed by atoms with Gasteiger partial charge < -0.3 is 5.32 Å². The molecule has 2 atom stereocenters. The van der Waals surface area contributed by atoms with Crippen LogP contribution < -0.4 is 5.32 Å². The van der Waals surface area contributed by atoms with Gasteiger partial charge in [0, 0.05) is 17.6 Å². The van der Waals surface area contributed by atoms with Crippen LogP contribution in [0.4, 0.5) is 0 Å². The molecule has 0 amide bonds. The fraction of sp³-hybridized carbons (Fsp3) is 0.667. The Morgan fingerprint density at radius 1 is 1.42 bits per heavy atom. The van der Waals surface area contributed by atoms with E-state index in [0.29, 0.717) is 0 Å². The van der Waals surface area contributed by atoms with E-state index in [9.17, 15) is 0 Å². The van der Waals surface area contributed by atoms with E-state index >= 15 is 0 Å². The third-order valence-electron chi connectivity index (χ3n) is 4.48. The molecule has 3 nitrogen and oxygen atoms in total. The monoisotopic (exact) mass is 277 g/mol. The Labute approximate surface area is 119 Å². The highest BCUT2D eigenvalue weighted by atomic mass is 32.1. The molecule has 1 N–H and O–H groups in total. The van der Waals surface area contributed by atoms with E-state index in [2.05, 4.69) is 41.7 Å². The average molecular weight is 277 g/mol. The molecule has 104 valence electrons. The Morgan fingerprint density at radius 2 is 2.26 bits per heavy atom. The molecule has 3 rings (SSSR count). The van der Waals surface area contributed by atoms with Gasteiger partial charge in [-0.2, -0.15) is 0 Å². The second-order valence-corrected chi connectivity index (χ2v) is 7.15. The van der Waals surface area contributed by atoms with E-state index < -0.39 is 0 Å². The van der Waals surface area contributed by atoms with Crippen molar-refractivity contribution < 1.29 is 0 Å². The number of aromatic nitrogens is 2. The normalized spacial score (nSPS) is 23.5. The van der Waals surface area contributed by atoms with Gasteiger partial charge in [-0.3, -0.25) is 4.40 Å². The zero-order chi connectivity index (χ0) is 13.4. The van der Waals surface area contributed by atoms with Crippen molar-refractivity contribution in [3.8, 4) is 0 Å². The minimum absolute atomic E-state index is 0.868. The molecule has 1 saturated carbocycles. The van der Waals surface area contributed by atoms with Crippen molar-refractivity contribution in [3.05, 3.63) is 22.5 Å². The second-order valence-electron chi connectivity index (χ2n) is 5.94. The van der Waals surface area contributed by atoms with Crippen LogP contribution in [0.1, 0.15) is 42.5 Å². The first-order chi connectivity index (χ1) is 9.15. The minimum Gasteiger partial charge on any atom is -0.311 e. The topological polar surface area (TPSA) is 29.3 Å². The molecule has 0 saturated heterocycles. The number of nitrogens with one attached hydrogen (secondary N) is 1. The van der Waals surface area contributed by atoms with Gasteiger partial charge in [-0.1, -0.05) is 19.8 Å². The smallest absolute Gasteiger partial charge is 0.194 e. The predicted octanol–water partition coefficient (Wildman–Crippen LogP) is 3.54. The number of hydrogen-bond donors (Lipinski definition) is 1. The summed E-state index contributed by atoms with van der Waals surface area (Å²) in [6, 6.07) is 0. The molecule has 2 heterocycles. The summed E-state index contributed by atoms with van der Waals surface area (Å²) in [4.78, 5) is 7.09. The lowest BCUT2D eigenvalue weighted by molar-refractivity contribution is 0.391. The Kier molecular flexibility index (Phi) is 3.63. The van der Waals surface area contributed by atoms with Crippen LogP contribution >= 0.6 is 11.3 Å². The summed E-state index contributed by atoms with van der Waals surface area (Å²) in [5, 5.41) is 3.65. The van der Waals surface area contributed by atoms with Crippen LogP contribution in [0.15, 0.2) is 6.20 Å². The van der Waals surface area contributed by atoms with Gasteiger partial charge in [0.05, 0.1) is 11.4 Å². The molecule has 2 aromatic heterocycles. The number of thiazole rings is 1. The van der Waals surface area contributed by atoms with Crippen molar-refractivity contribution in [2.45, 2.75) is 46.6 Å². The highest BCUT2D eigenvalue weighted by molar-refractivity contribution is 7.17. The average Bonchev–Trinajstić information content (AvgIpc) is 2.98. The van der Waals surface area contributed by atoms with Crippen LogP contribution in [0, 0.1) is 25.7 Å². The van der Waals surface area contributed by atoms with Gasteiger partial charge in [-0.15, -0.1) is 11.3 Å². The summed E-state index contributed by atoms with van der Waals surface area (Å²) in [6.45, 7) is 8.74. The molecule has 2 unspecified atom stereocenters. The lowest BCUT2D eigenvalue weighted by atomic mass is 9.98. The van der Waals surface area contributed by atoms with E-state index in [1.807, 2.05) is 0 Å². The second kappa shape index (κ2) is 5.25. The molecular weight excluding hydrogens is 254 g/mol. The summed E-state index contributed by atoms with van der Waals surface area (Å²) in [7, 11) is 0. The molecule has 19 heavy (non-hydrogen) atoms. The van der Waals surface area contributed by atoms with Gasteiger partial charge >= 0.3 is 0 Å². The molecule has 1 aliphatic carbocycles. The van der Waals surface area contributed by atoms with Gasteiger partial charge in [-0.25, -0.2) is 4.98 Å². The largest absolute Gasteiger partial charge is 0.311 e. The third-order valence-corrected chi connectivity index (χ3v) is 5.38. The SMILES string of the molecule is Cc1cn2c(CNCC3CCCC3C)c(C)nc2s1. The Hall–Kier alpha value is -0.870. The van der Waals surface area contributed by atoms with Gasteiger partial charge in [-0.05, 0) is 38.6 Å². The Balaban J connectivity index is 1.66. The predicted molar refractivity (Wildman–Crippen MR) is 80.8 cm³/mol. The van der Waals surface area contributed by atoms with Gasteiger partial charge in [0.15, 0.2) is 4.96 Å². The molecule has 1 aliphatic rings. The van der Waals surface area contributed by atoms with E-state index in [0.717, 1.165) is 29.9 Å². The van der Waals surface area contributed by atoms with E-state index in [1.54, 1.807) is 11.3 Å². The lowest BCUT2D eigenvalue weighted by Gasteiger charge is -2.15. The molecule has 0 radical (unpaired) electrons. The van der Waals surface area contributed by atoms with Gasteiger partial charge in [0.2, 0.25) is 0 Å². The van der Waals surface area contributed by atoms with Crippen LogP contribution in [0.5, 0.6) is 0 Å². The number of nitrogens with zero attached hydrogens (tertiary/aromatic N) is 2. The maximum Gasteiger partial charge on any atom is 0.194 e. The fourth-order valence-corrected chi connectivity index (χ4v) is 4.11. The first-order valence-corrected chi connectivity index (χ1v) is 8.11. The number of rotatable bonds is 4. The zero-order valence-electron chi connectivity index (χ0n) is 12.1. The lowest BCUT2D eigenvalue weighted by Crippen LogP contribution is -2.24. The van der Waals surface area contributed by atoms with Gasteiger partial charge in [0.1, 0.15) is 0 Å². The highest BCUT2D eigenvalue weighted by Crippen LogP contribution is 2.30. The molecular formula is C15H23N3S. The van der Waals surface area contributed by atoms with Crippen LogP contribution in [0.25, 0.3) is 4.96 Å². The van der Waals surface area contributed by atoms with Crippen molar-refractivity contribution in [2.75, 3.05) is 6.54 Å². The number of imidazole rings is 1. The van der Waals surface area contributed by atoms with Crippen LogP contribution in [-0.4, -0.2) is 15.9 Å². The maximum atomic E-state index is 4.64. The molecule has 4 heteroatoms. The summed E-state index contributed by atoms with van der Waals surface area (Å²) in [5.41, 5.74) is 2.49. The minimum atomic E-state index is 0.868. The van der Waals surface area contributed by atoms with E-state index in [4.69, 9.17) is 0 Å². The summed E-state index contributed by atoms with van der Waals surface area (Å²) in [5.74, 6) is 1.76. The molecule has 0 aromatic carbocycles. The first kappa shape index (κ1) is 13.1. The van der Waals surface area contributed by atoms with Gasteiger partial charge in [0.25, 0.3) is 0 Å². The van der Waals surface area contributed by atoms with Crippen molar-refractivity contribution >= 4 is 16.3 Å². The highest BCUT2D eigenvalue weighted by Gasteiger charge is 2.22. The molecule has 0 spiro atoms. The number of aryl methyl sites for hydroxylation is 2. The third kappa shape index (κ3) is 2.56. The number of hydrogen-bond acceptors (Lipinski definition) is 3. The molecule has 0 aliphatic heterocycles. The fourth-order valence-electron chi connectivity index (χ4n) is 3.22. The molecule has 1 fully saturated rings. The number of fused-ring (bicyclic) bond motifs is 1. The summed E-state index contributed by atoms with van der Waals surface area (Å²) < 4.78 is 2.25. The zero-order valence-corrected chi connectivity index (χ0v) is 12.9. The van der Waals surface area contributed by atoms with Crippen molar-refractivity contribution in [3.63, 3.8) is 0 Å². The van der Waals surface area contributed by atoms with Crippen molar-refractivity contribution in [1.82, 2.24) is 14.7 Å². The summed E-state index contributed by atoms with van der Waals surface area (Å²) >= 11 is 1.77. The Morgan fingerprint density at radius 3 is 3.00 bits per heavy atom. The first-order valence-electron chi connectivity index (χ1n) is 7.30. The quantitative estimate of drug-likeness (QED) is 0.926. The van der Waals surface area contributed by atoms with Crippen LogP contribution in [0.3, 0.4) is 0 Å². The standard InChI is InChI=1S/C15H23N3S/c1-10-5-4-6-13(10)7-16-8-14-12(3)17-15-18(14)9-11(2)19-15/h9-10,13,16H,4-8H2,1-3H3. The summed E-state index contributed by atoms with van der Waals surface area (Å²) in [6.07, 6.45) is 6.42.